The van der Waals surface area contributed by atoms with Crippen molar-refractivity contribution < 1.29 is 4.79 Å². The molecule has 1 amide bonds. The number of pyridine rings is 1. The Bertz CT molecular complexity index is 571. The van der Waals surface area contributed by atoms with E-state index in [-0.39, 0.29) is 5.91 Å². The molecule has 0 aliphatic carbocycles. The maximum absolute atomic E-state index is 11.7. The van der Waals surface area contributed by atoms with Crippen LogP contribution in [0.3, 0.4) is 0 Å². The molecule has 0 aliphatic heterocycles. The minimum absolute atomic E-state index is 0.0390. The molecule has 5 heteroatoms. The van der Waals surface area contributed by atoms with E-state index < -0.39 is 0 Å². The molecule has 2 rings (SSSR count). The highest BCUT2D eigenvalue weighted by atomic mass is 35.5. The third-order valence-corrected chi connectivity index (χ3v) is 2.82. The van der Waals surface area contributed by atoms with Gasteiger partial charge in [0, 0.05) is 23.0 Å². The van der Waals surface area contributed by atoms with Gasteiger partial charge < -0.3 is 11.1 Å². The largest absolute Gasteiger partial charge is 0.330 e. The van der Waals surface area contributed by atoms with E-state index in [1.807, 2.05) is 6.07 Å². The second-order valence-electron chi connectivity index (χ2n) is 3.96. The van der Waals surface area contributed by atoms with Gasteiger partial charge in [0.05, 0.1) is 11.2 Å². The minimum atomic E-state index is -0.0390. The van der Waals surface area contributed by atoms with Gasteiger partial charge in [0.15, 0.2) is 0 Å². The molecule has 1 aromatic heterocycles. The van der Waals surface area contributed by atoms with E-state index in [4.69, 9.17) is 17.3 Å². The van der Waals surface area contributed by atoms with Gasteiger partial charge in [0.1, 0.15) is 0 Å². The summed E-state index contributed by atoms with van der Waals surface area (Å²) in [5.74, 6) is -0.0390. The number of carbonyl (C=O) groups excluding carboxylic acids is 1. The number of benzene rings is 1. The lowest BCUT2D eigenvalue weighted by Gasteiger charge is -2.08. The zero-order valence-corrected chi connectivity index (χ0v) is 10.6. The van der Waals surface area contributed by atoms with Gasteiger partial charge in [0.25, 0.3) is 0 Å². The molecular weight excluding hydrogens is 250 g/mol. The van der Waals surface area contributed by atoms with Crippen LogP contribution < -0.4 is 11.1 Å². The highest BCUT2D eigenvalue weighted by molar-refractivity contribution is 6.31. The molecule has 4 nitrogen and oxygen atoms in total. The SMILES string of the molecule is NCCCC(=O)Nc1ccnc2cc(Cl)ccc12. The van der Waals surface area contributed by atoms with E-state index >= 15 is 0 Å². The predicted octanol–water partition coefficient (Wildman–Crippen LogP) is 2.57. The fraction of sp³-hybridized carbons (Fsp3) is 0.231. The minimum Gasteiger partial charge on any atom is -0.330 e. The third kappa shape index (κ3) is 2.97. The van der Waals surface area contributed by atoms with E-state index in [0.29, 0.717) is 24.4 Å². The van der Waals surface area contributed by atoms with Crippen LogP contribution in [0.4, 0.5) is 5.69 Å². The Morgan fingerprint density at radius 2 is 2.22 bits per heavy atom. The first kappa shape index (κ1) is 12.8. The van der Waals surface area contributed by atoms with Crippen molar-refractivity contribution in [3.63, 3.8) is 0 Å². The van der Waals surface area contributed by atoms with Crippen molar-refractivity contribution in [2.75, 3.05) is 11.9 Å². The van der Waals surface area contributed by atoms with E-state index in [1.165, 1.54) is 0 Å². The van der Waals surface area contributed by atoms with Crippen LogP contribution >= 0.6 is 11.6 Å². The normalized spacial score (nSPS) is 10.6. The van der Waals surface area contributed by atoms with Crippen molar-refractivity contribution in [2.24, 2.45) is 5.73 Å². The first-order valence-corrected chi connectivity index (χ1v) is 6.12. The molecule has 0 aliphatic rings. The first-order chi connectivity index (χ1) is 8.70. The summed E-state index contributed by atoms with van der Waals surface area (Å²) in [6.45, 7) is 0.514. The standard InChI is InChI=1S/C13H14ClN3O/c14-9-3-4-10-11(5-7-16-12(10)8-9)17-13(18)2-1-6-15/h3-5,7-8H,1-2,6,15H2,(H,16,17,18). The molecule has 94 valence electrons. The summed E-state index contributed by atoms with van der Waals surface area (Å²) in [6, 6.07) is 7.17. The monoisotopic (exact) mass is 263 g/mol. The van der Waals surface area contributed by atoms with Gasteiger partial charge in [0.2, 0.25) is 5.91 Å². The van der Waals surface area contributed by atoms with Crippen molar-refractivity contribution >= 4 is 34.1 Å². The molecule has 0 saturated carbocycles. The van der Waals surface area contributed by atoms with Crippen LogP contribution in [0, 0.1) is 0 Å². The van der Waals surface area contributed by atoms with E-state index in [2.05, 4.69) is 10.3 Å². The summed E-state index contributed by atoms with van der Waals surface area (Å²) in [5.41, 5.74) is 6.88. The highest BCUT2D eigenvalue weighted by Crippen LogP contribution is 2.24. The maximum Gasteiger partial charge on any atom is 0.224 e. The number of carbonyl (C=O) groups is 1. The van der Waals surface area contributed by atoms with Crippen LogP contribution in [-0.2, 0) is 4.79 Å². The second-order valence-corrected chi connectivity index (χ2v) is 4.40. The van der Waals surface area contributed by atoms with Crippen molar-refractivity contribution in [1.82, 2.24) is 4.98 Å². The van der Waals surface area contributed by atoms with Crippen LogP contribution in [0.2, 0.25) is 5.02 Å². The number of nitrogens with one attached hydrogen (secondary N) is 1. The average molecular weight is 264 g/mol. The Labute approximate surface area is 110 Å². The molecule has 3 N–H and O–H groups in total. The lowest BCUT2D eigenvalue weighted by Crippen LogP contribution is -2.13. The third-order valence-electron chi connectivity index (χ3n) is 2.59. The molecule has 18 heavy (non-hydrogen) atoms. The molecule has 0 bridgehead atoms. The fourth-order valence-corrected chi connectivity index (χ4v) is 1.87. The molecule has 0 spiro atoms. The van der Waals surface area contributed by atoms with Gasteiger partial charge in [-0.25, -0.2) is 0 Å². The number of nitrogens with zero attached hydrogens (tertiary/aromatic N) is 1. The van der Waals surface area contributed by atoms with Crippen molar-refractivity contribution in [2.45, 2.75) is 12.8 Å². The lowest BCUT2D eigenvalue weighted by atomic mass is 10.2. The number of hydrogen-bond acceptors (Lipinski definition) is 3. The molecule has 0 atom stereocenters. The van der Waals surface area contributed by atoms with E-state index in [9.17, 15) is 4.79 Å². The summed E-state index contributed by atoms with van der Waals surface area (Å²) < 4.78 is 0. The van der Waals surface area contributed by atoms with Gasteiger partial charge in [-0.2, -0.15) is 0 Å². The average Bonchev–Trinajstić information content (AvgIpc) is 2.36. The summed E-state index contributed by atoms with van der Waals surface area (Å²) in [5, 5.41) is 4.37. The van der Waals surface area contributed by atoms with E-state index in [1.54, 1.807) is 24.4 Å². The van der Waals surface area contributed by atoms with Gasteiger partial charge in [-0.3, -0.25) is 9.78 Å². The second kappa shape index (κ2) is 5.80. The van der Waals surface area contributed by atoms with Crippen molar-refractivity contribution in [1.29, 1.82) is 0 Å². The number of nitrogens with two attached hydrogens (primary N) is 1. The molecular formula is C13H14ClN3O. The number of aromatic nitrogens is 1. The zero-order valence-electron chi connectivity index (χ0n) is 9.82. The Morgan fingerprint density at radius 3 is 3.00 bits per heavy atom. The number of rotatable bonds is 4. The summed E-state index contributed by atoms with van der Waals surface area (Å²) in [7, 11) is 0. The molecule has 0 radical (unpaired) electrons. The quantitative estimate of drug-likeness (QED) is 0.891. The fourth-order valence-electron chi connectivity index (χ4n) is 1.71. The Kier molecular flexibility index (Phi) is 4.12. The lowest BCUT2D eigenvalue weighted by molar-refractivity contribution is -0.116. The Morgan fingerprint density at radius 1 is 1.39 bits per heavy atom. The number of halogens is 1. The smallest absolute Gasteiger partial charge is 0.224 e. The highest BCUT2D eigenvalue weighted by Gasteiger charge is 2.06. The summed E-state index contributed by atoms with van der Waals surface area (Å²) in [6.07, 6.45) is 2.76. The van der Waals surface area contributed by atoms with Gasteiger partial charge >= 0.3 is 0 Å². The number of hydrogen-bond donors (Lipinski definition) is 2. The number of fused-ring (bicyclic) bond motifs is 1. The topological polar surface area (TPSA) is 68.0 Å². The molecule has 0 fully saturated rings. The van der Waals surface area contributed by atoms with Crippen LogP contribution in [-0.4, -0.2) is 17.4 Å². The number of amides is 1. The summed E-state index contributed by atoms with van der Waals surface area (Å²) in [4.78, 5) is 15.9. The van der Waals surface area contributed by atoms with Crippen LogP contribution in [0.1, 0.15) is 12.8 Å². The van der Waals surface area contributed by atoms with Gasteiger partial charge in [-0.05, 0) is 37.2 Å². The van der Waals surface area contributed by atoms with Gasteiger partial charge in [-0.1, -0.05) is 11.6 Å². The predicted molar refractivity (Wildman–Crippen MR) is 73.7 cm³/mol. The van der Waals surface area contributed by atoms with Crippen LogP contribution in [0.25, 0.3) is 10.9 Å². The molecule has 2 aromatic rings. The Balaban J connectivity index is 2.25. The Hall–Kier alpha value is -1.65. The van der Waals surface area contributed by atoms with Crippen LogP contribution in [0.5, 0.6) is 0 Å². The van der Waals surface area contributed by atoms with E-state index in [0.717, 1.165) is 16.6 Å². The van der Waals surface area contributed by atoms with Gasteiger partial charge in [-0.15, -0.1) is 0 Å². The first-order valence-electron chi connectivity index (χ1n) is 5.75. The van der Waals surface area contributed by atoms with Crippen molar-refractivity contribution in [3.05, 3.63) is 35.5 Å². The molecule has 1 heterocycles. The maximum atomic E-state index is 11.7. The zero-order chi connectivity index (χ0) is 13.0. The van der Waals surface area contributed by atoms with Crippen LogP contribution in [0.15, 0.2) is 30.5 Å². The summed E-state index contributed by atoms with van der Waals surface area (Å²) >= 11 is 5.90. The van der Waals surface area contributed by atoms with Crippen molar-refractivity contribution in [3.8, 4) is 0 Å². The molecule has 1 aromatic carbocycles. The number of anilines is 1. The molecule has 0 saturated heterocycles. The molecule has 0 unspecified atom stereocenters.